The first-order chi connectivity index (χ1) is 13.2. The first-order valence-electron chi connectivity index (χ1n) is 9.34. The van der Waals surface area contributed by atoms with Crippen molar-refractivity contribution in [3.8, 4) is 11.1 Å². The summed E-state index contributed by atoms with van der Waals surface area (Å²) in [5.41, 5.74) is 9.45. The molecule has 126 valence electrons. The first kappa shape index (κ1) is 16.1. The molecule has 0 aromatic heterocycles. The monoisotopic (exact) mass is 342 g/mol. The van der Waals surface area contributed by atoms with Gasteiger partial charge in [0.25, 0.3) is 0 Å². The van der Waals surface area contributed by atoms with Crippen molar-refractivity contribution < 1.29 is 0 Å². The van der Waals surface area contributed by atoms with Crippen LogP contribution in [0.2, 0.25) is 0 Å². The molecular formula is C26H19B. The van der Waals surface area contributed by atoms with Crippen LogP contribution < -0.4 is 5.46 Å². The highest BCUT2D eigenvalue weighted by Crippen LogP contribution is 2.55. The summed E-state index contributed by atoms with van der Waals surface area (Å²) in [5, 5.41) is 0. The Labute approximate surface area is 161 Å². The minimum absolute atomic E-state index is 0.353. The normalized spacial score (nSPS) is 13.8. The van der Waals surface area contributed by atoms with Gasteiger partial charge in [-0.3, -0.25) is 0 Å². The molecule has 0 bridgehead atoms. The van der Waals surface area contributed by atoms with Gasteiger partial charge in [-0.2, -0.15) is 0 Å². The highest BCUT2D eigenvalue weighted by molar-refractivity contribution is 6.32. The molecule has 0 aliphatic heterocycles. The molecule has 0 N–H and O–H groups in total. The zero-order valence-corrected chi connectivity index (χ0v) is 15.3. The molecule has 0 fully saturated rings. The number of hydrogen-bond acceptors (Lipinski definition) is 0. The van der Waals surface area contributed by atoms with E-state index in [0.717, 1.165) is 5.46 Å². The third kappa shape index (κ3) is 2.25. The quantitative estimate of drug-likeness (QED) is 0.389. The van der Waals surface area contributed by atoms with E-state index >= 15 is 0 Å². The molecule has 0 saturated heterocycles. The van der Waals surface area contributed by atoms with Crippen molar-refractivity contribution >= 4 is 13.3 Å². The Hall–Kier alpha value is -3.06. The van der Waals surface area contributed by atoms with Crippen LogP contribution in [0.15, 0.2) is 97.1 Å². The summed E-state index contributed by atoms with van der Waals surface area (Å²) in [4.78, 5) is 0. The molecule has 4 aromatic rings. The van der Waals surface area contributed by atoms with Crippen LogP contribution in [0.4, 0.5) is 0 Å². The van der Waals surface area contributed by atoms with Crippen LogP contribution in [0, 0.1) is 6.92 Å². The predicted molar refractivity (Wildman–Crippen MR) is 114 cm³/mol. The van der Waals surface area contributed by atoms with Gasteiger partial charge in [0.1, 0.15) is 7.85 Å². The lowest BCUT2D eigenvalue weighted by Crippen LogP contribution is -2.29. The lowest BCUT2D eigenvalue weighted by molar-refractivity contribution is 0.768. The number of hydrogen-bond donors (Lipinski definition) is 0. The zero-order chi connectivity index (χ0) is 18.4. The maximum atomic E-state index is 6.23. The molecule has 0 unspecified atom stereocenters. The Morgan fingerprint density at radius 3 is 1.74 bits per heavy atom. The van der Waals surface area contributed by atoms with Crippen LogP contribution in [-0.4, -0.2) is 7.85 Å². The fourth-order valence-electron chi connectivity index (χ4n) is 4.67. The Bertz CT molecular complexity index is 1060. The van der Waals surface area contributed by atoms with Gasteiger partial charge in [-0.15, -0.1) is 0 Å². The second-order valence-electron chi connectivity index (χ2n) is 7.34. The van der Waals surface area contributed by atoms with E-state index in [1.807, 2.05) is 6.07 Å². The molecule has 5 rings (SSSR count). The topological polar surface area (TPSA) is 0 Å². The molecule has 4 aromatic carbocycles. The van der Waals surface area contributed by atoms with Crippen LogP contribution in [0.1, 0.15) is 27.8 Å². The summed E-state index contributed by atoms with van der Waals surface area (Å²) < 4.78 is 0. The summed E-state index contributed by atoms with van der Waals surface area (Å²) in [6, 6.07) is 34.7. The van der Waals surface area contributed by atoms with E-state index in [1.54, 1.807) is 0 Å². The van der Waals surface area contributed by atoms with E-state index in [9.17, 15) is 0 Å². The van der Waals surface area contributed by atoms with E-state index in [-0.39, 0.29) is 5.41 Å². The smallest absolute Gasteiger partial charge is 0.0963 e. The van der Waals surface area contributed by atoms with Gasteiger partial charge in [0.05, 0.1) is 5.41 Å². The predicted octanol–water partition coefficient (Wildman–Crippen LogP) is 5.15. The van der Waals surface area contributed by atoms with Crippen LogP contribution in [0.5, 0.6) is 0 Å². The van der Waals surface area contributed by atoms with E-state index in [1.165, 1.54) is 38.9 Å². The van der Waals surface area contributed by atoms with E-state index in [2.05, 4.69) is 97.9 Å². The summed E-state index contributed by atoms with van der Waals surface area (Å²) in [5.74, 6) is 0. The van der Waals surface area contributed by atoms with Gasteiger partial charge in [-0.1, -0.05) is 108 Å². The van der Waals surface area contributed by atoms with Crippen molar-refractivity contribution in [3.05, 3.63) is 125 Å². The molecule has 1 aliphatic rings. The molecule has 27 heavy (non-hydrogen) atoms. The summed E-state index contributed by atoms with van der Waals surface area (Å²) in [6.45, 7) is 2.16. The minimum Gasteiger partial charge on any atom is -0.0963 e. The molecule has 1 heteroatoms. The van der Waals surface area contributed by atoms with Gasteiger partial charge >= 0.3 is 0 Å². The van der Waals surface area contributed by atoms with Gasteiger partial charge < -0.3 is 0 Å². The molecule has 2 radical (unpaired) electrons. The lowest BCUT2D eigenvalue weighted by atomic mass is 9.67. The molecule has 0 saturated carbocycles. The average Bonchev–Trinajstić information content (AvgIpc) is 3.00. The summed E-state index contributed by atoms with van der Waals surface area (Å²) in [7, 11) is 6.23. The zero-order valence-electron chi connectivity index (χ0n) is 15.3. The fourth-order valence-corrected chi connectivity index (χ4v) is 4.67. The van der Waals surface area contributed by atoms with Gasteiger partial charge in [0, 0.05) is 0 Å². The van der Waals surface area contributed by atoms with Crippen LogP contribution in [-0.2, 0) is 5.41 Å². The Kier molecular flexibility index (Phi) is 3.58. The average molecular weight is 342 g/mol. The molecule has 0 nitrogen and oxygen atoms in total. The van der Waals surface area contributed by atoms with Crippen molar-refractivity contribution in [2.45, 2.75) is 12.3 Å². The fraction of sp³-hybridized carbons (Fsp3) is 0.0769. The van der Waals surface area contributed by atoms with Gasteiger partial charge in [0.2, 0.25) is 0 Å². The van der Waals surface area contributed by atoms with Crippen LogP contribution in [0.3, 0.4) is 0 Å². The second kappa shape index (κ2) is 5.99. The molecular weight excluding hydrogens is 323 g/mol. The third-order valence-electron chi connectivity index (χ3n) is 5.72. The summed E-state index contributed by atoms with van der Waals surface area (Å²) in [6.07, 6.45) is 0. The van der Waals surface area contributed by atoms with E-state index in [4.69, 9.17) is 7.85 Å². The standard InChI is InChI=1S/C26H19B/c1-18-8-6-9-19(16-18)26(20-10-7-11-21(27)17-20)24-14-4-2-12-22(24)23-13-3-5-15-25(23)26/h2-17H,1H3. The highest BCUT2D eigenvalue weighted by Gasteiger charge is 2.45. The van der Waals surface area contributed by atoms with Crippen LogP contribution in [0.25, 0.3) is 11.1 Å². The Balaban J connectivity index is 1.98. The summed E-state index contributed by atoms with van der Waals surface area (Å²) >= 11 is 0. The largest absolute Gasteiger partial charge is 0.113 e. The maximum absolute atomic E-state index is 6.23. The van der Waals surface area contributed by atoms with Crippen molar-refractivity contribution in [2.24, 2.45) is 0 Å². The molecule has 1 aliphatic carbocycles. The number of aryl methyl sites for hydroxylation is 1. The molecule has 0 heterocycles. The number of fused-ring (bicyclic) bond motifs is 3. The number of rotatable bonds is 2. The SMILES string of the molecule is [B]c1cccc(C2(c3cccc(C)c3)c3ccccc3-c3ccccc32)c1. The van der Waals surface area contributed by atoms with E-state index in [0.29, 0.717) is 0 Å². The van der Waals surface area contributed by atoms with Gasteiger partial charge in [-0.05, 0) is 40.3 Å². The van der Waals surface area contributed by atoms with Crippen molar-refractivity contribution in [2.75, 3.05) is 0 Å². The maximum Gasteiger partial charge on any atom is 0.113 e. The lowest BCUT2D eigenvalue weighted by Gasteiger charge is -2.34. The van der Waals surface area contributed by atoms with E-state index < -0.39 is 0 Å². The molecule has 0 atom stereocenters. The van der Waals surface area contributed by atoms with Gasteiger partial charge in [-0.25, -0.2) is 0 Å². The van der Waals surface area contributed by atoms with Gasteiger partial charge in [0.15, 0.2) is 0 Å². The third-order valence-corrected chi connectivity index (χ3v) is 5.72. The second-order valence-corrected chi connectivity index (χ2v) is 7.34. The first-order valence-corrected chi connectivity index (χ1v) is 9.34. The minimum atomic E-state index is -0.353. The highest BCUT2D eigenvalue weighted by atomic mass is 14.5. The number of benzene rings is 4. The molecule has 0 spiro atoms. The van der Waals surface area contributed by atoms with Crippen molar-refractivity contribution in [1.29, 1.82) is 0 Å². The molecule has 0 amide bonds. The Morgan fingerprint density at radius 1 is 0.593 bits per heavy atom. The Morgan fingerprint density at radius 2 is 1.15 bits per heavy atom. The van der Waals surface area contributed by atoms with Crippen molar-refractivity contribution in [3.63, 3.8) is 0 Å². The van der Waals surface area contributed by atoms with Crippen LogP contribution >= 0.6 is 0 Å². The van der Waals surface area contributed by atoms with Crippen molar-refractivity contribution in [1.82, 2.24) is 0 Å².